The number of sulfonamides is 1. The van der Waals surface area contributed by atoms with E-state index in [1.807, 2.05) is 12.1 Å². The van der Waals surface area contributed by atoms with Crippen molar-refractivity contribution in [2.45, 2.75) is 15.2 Å². The molecule has 0 saturated carbocycles. The second-order valence-corrected chi connectivity index (χ2v) is 10.7. The van der Waals surface area contributed by atoms with Gasteiger partial charge in [-0.05, 0) is 60.7 Å². The summed E-state index contributed by atoms with van der Waals surface area (Å²) in [6.07, 6.45) is 1.49. The van der Waals surface area contributed by atoms with Gasteiger partial charge in [-0.1, -0.05) is 30.0 Å². The normalized spacial score (nSPS) is 15.3. The Balaban J connectivity index is 1.53. The highest BCUT2D eigenvalue weighted by Gasteiger charge is 2.36. The van der Waals surface area contributed by atoms with Crippen molar-refractivity contribution >= 4 is 39.2 Å². The van der Waals surface area contributed by atoms with E-state index in [0.717, 1.165) is 4.90 Å². The lowest BCUT2D eigenvalue weighted by molar-refractivity contribution is 0.0979. The predicted molar refractivity (Wildman–Crippen MR) is 138 cm³/mol. The van der Waals surface area contributed by atoms with E-state index in [9.17, 15) is 18.3 Å². The number of ether oxygens (including phenoxy) is 1. The number of thioether (sulfide) groups is 1. The van der Waals surface area contributed by atoms with Crippen LogP contribution in [0.3, 0.4) is 0 Å². The number of aromatic nitrogens is 1. The number of amides is 1. The molecule has 4 aromatic rings. The van der Waals surface area contributed by atoms with Crippen molar-refractivity contribution in [2.24, 2.45) is 0 Å². The molecular weight excluding hydrogens is 498 g/mol. The number of nitrogens with zero attached hydrogens (tertiary/aromatic N) is 2. The molecule has 0 bridgehead atoms. The molecule has 0 spiro atoms. The van der Waals surface area contributed by atoms with Gasteiger partial charge in [0, 0.05) is 28.4 Å². The Hall–Kier alpha value is -4.02. The van der Waals surface area contributed by atoms with Crippen LogP contribution in [0.4, 0.5) is 11.5 Å². The lowest BCUT2D eigenvalue weighted by Crippen LogP contribution is -2.36. The van der Waals surface area contributed by atoms with E-state index in [2.05, 4.69) is 9.71 Å². The van der Waals surface area contributed by atoms with Gasteiger partial charge in [0.1, 0.15) is 22.7 Å². The Labute approximate surface area is 212 Å². The van der Waals surface area contributed by atoms with Gasteiger partial charge >= 0.3 is 0 Å². The van der Waals surface area contributed by atoms with Crippen LogP contribution in [0.5, 0.6) is 11.5 Å². The maximum absolute atomic E-state index is 13.6. The molecule has 1 aliphatic rings. The SMILES string of the molecule is COc1ccc(C2Sc3ccccc3C(=O)N2c2ccc(S(=O)(=O)Nc3ccccn3)cc2)c(O)c1. The summed E-state index contributed by atoms with van der Waals surface area (Å²) in [5, 5.41) is 10.1. The molecule has 1 aromatic heterocycles. The number of phenols is 1. The number of hydrogen-bond acceptors (Lipinski definition) is 7. The van der Waals surface area contributed by atoms with E-state index in [1.165, 1.54) is 43.3 Å². The van der Waals surface area contributed by atoms with Gasteiger partial charge < -0.3 is 9.84 Å². The van der Waals surface area contributed by atoms with Crippen LogP contribution in [0.1, 0.15) is 21.3 Å². The molecule has 5 rings (SSSR count). The van der Waals surface area contributed by atoms with E-state index in [4.69, 9.17) is 4.74 Å². The number of hydrogen-bond donors (Lipinski definition) is 2. The number of carbonyl (C=O) groups excluding carboxylic acids is 1. The molecule has 3 aromatic carbocycles. The van der Waals surface area contributed by atoms with Gasteiger partial charge in [0.05, 0.1) is 17.6 Å². The average molecular weight is 520 g/mol. The van der Waals surface area contributed by atoms with Crippen molar-refractivity contribution in [3.05, 3.63) is 102 Å². The fourth-order valence-corrected chi connectivity index (χ4v) is 6.21. The number of fused-ring (bicyclic) bond motifs is 1. The van der Waals surface area contributed by atoms with Crippen molar-refractivity contribution in [1.82, 2.24) is 4.98 Å². The molecule has 0 saturated heterocycles. The van der Waals surface area contributed by atoms with Gasteiger partial charge in [0.15, 0.2) is 0 Å². The van der Waals surface area contributed by atoms with Crippen LogP contribution in [0.15, 0.2) is 101 Å². The van der Waals surface area contributed by atoms with Gasteiger partial charge in [-0.15, -0.1) is 0 Å². The lowest BCUT2D eigenvalue weighted by Gasteiger charge is -2.36. The zero-order valence-electron chi connectivity index (χ0n) is 19.0. The molecule has 2 N–H and O–H groups in total. The van der Waals surface area contributed by atoms with Crippen LogP contribution in [-0.2, 0) is 10.0 Å². The molecule has 1 aliphatic heterocycles. The maximum atomic E-state index is 13.6. The first-order valence-electron chi connectivity index (χ1n) is 10.9. The molecule has 0 fully saturated rings. The number of phenolic OH excluding ortho intramolecular Hbond substituents is 1. The van der Waals surface area contributed by atoms with E-state index in [0.29, 0.717) is 22.6 Å². The Kier molecular flexibility index (Phi) is 6.29. The minimum absolute atomic E-state index is 0.0113. The third-order valence-electron chi connectivity index (χ3n) is 5.64. The summed E-state index contributed by atoms with van der Waals surface area (Å²) in [6, 6.07) is 23.1. The van der Waals surface area contributed by atoms with E-state index < -0.39 is 15.4 Å². The monoisotopic (exact) mass is 519 g/mol. The summed E-state index contributed by atoms with van der Waals surface area (Å²) in [6.45, 7) is 0. The Bertz CT molecular complexity index is 1530. The van der Waals surface area contributed by atoms with Gasteiger partial charge in [-0.3, -0.25) is 14.4 Å². The molecule has 8 nitrogen and oxygen atoms in total. The lowest BCUT2D eigenvalue weighted by atomic mass is 10.1. The summed E-state index contributed by atoms with van der Waals surface area (Å²) in [4.78, 5) is 20.0. The van der Waals surface area contributed by atoms with Crippen LogP contribution in [0.2, 0.25) is 0 Å². The topological polar surface area (TPSA) is 109 Å². The largest absolute Gasteiger partial charge is 0.507 e. The third-order valence-corrected chi connectivity index (χ3v) is 8.31. The van der Waals surface area contributed by atoms with Crippen molar-refractivity contribution in [3.63, 3.8) is 0 Å². The highest BCUT2D eigenvalue weighted by Crippen LogP contribution is 2.49. The zero-order chi connectivity index (χ0) is 25.3. The quantitative estimate of drug-likeness (QED) is 0.367. The Morgan fingerprint density at radius 2 is 1.75 bits per heavy atom. The van der Waals surface area contributed by atoms with Crippen LogP contribution in [0, 0.1) is 0 Å². The van der Waals surface area contributed by atoms with Crippen LogP contribution >= 0.6 is 11.8 Å². The molecular formula is C26H21N3O5S2. The van der Waals surface area contributed by atoms with Crippen LogP contribution in [-0.4, -0.2) is 31.5 Å². The summed E-state index contributed by atoms with van der Waals surface area (Å²) < 4.78 is 33.3. The summed E-state index contributed by atoms with van der Waals surface area (Å²) in [5.74, 6) is 0.427. The summed E-state index contributed by atoms with van der Waals surface area (Å²) >= 11 is 1.42. The predicted octanol–water partition coefficient (Wildman–Crippen LogP) is 5.05. The van der Waals surface area contributed by atoms with Gasteiger partial charge in [0.25, 0.3) is 15.9 Å². The molecule has 182 valence electrons. The fraction of sp³-hybridized carbons (Fsp3) is 0.0769. The minimum Gasteiger partial charge on any atom is -0.507 e. The van der Waals surface area contributed by atoms with Crippen molar-refractivity contribution in [3.8, 4) is 11.5 Å². The standard InChI is InChI=1S/C26H21N3O5S2/c1-34-18-11-14-20(22(30)16-18)26-29(25(31)21-6-2-3-7-23(21)35-26)17-9-12-19(13-10-17)36(32,33)28-24-8-4-5-15-27-24/h2-16,26,30H,1H3,(H,27,28). The summed E-state index contributed by atoms with van der Waals surface area (Å²) in [5.41, 5.74) is 1.54. The number of carbonyl (C=O) groups is 1. The van der Waals surface area contributed by atoms with E-state index in [-0.39, 0.29) is 22.4 Å². The van der Waals surface area contributed by atoms with Gasteiger partial charge in [-0.25, -0.2) is 13.4 Å². The highest BCUT2D eigenvalue weighted by atomic mass is 32.2. The second kappa shape index (κ2) is 9.56. The first-order chi connectivity index (χ1) is 17.4. The van der Waals surface area contributed by atoms with E-state index >= 15 is 0 Å². The number of benzene rings is 3. The molecule has 1 atom stereocenters. The van der Waals surface area contributed by atoms with Crippen molar-refractivity contribution in [2.75, 3.05) is 16.7 Å². The number of rotatable bonds is 6. The van der Waals surface area contributed by atoms with Crippen molar-refractivity contribution in [1.29, 1.82) is 0 Å². The number of nitrogens with one attached hydrogen (secondary N) is 1. The molecule has 36 heavy (non-hydrogen) atoms. The molecule has 1 unspecified atom stereocenters. The van der Waals surface area contributed by atoms with Gasteiger partial charge in [0.2, 0.25) is 0 Å². The molecule has 0 aliphatic carbocycles. The number of pyridine rings is 1. The fourth-order valence-electron chi connectivity index (χ4n) is 3.88. The molecule has 2 heterocycles. The Morgan fingerprint density at radius 3 is 2.44 bits per heavy atom. The van der Waals surface area contributed by atoms with Crippen LogP contribution in [0.25, 0.3) is 0 Å². The van der Waals surface area contributed by atoms with Crippen LogP contribution < -0.4 is 14.4 Å². The molecule has 10 heteroatoms. The minimum atomic E-state index is -3.88. The maximum Gasteiger partial charge on any atom is 0.263 e. The summed E-state index contributed by atoms with van der Waals surface area (Å²) in [7, 11) is -2.37. The number of aromatic hydroxyl groups is 1. The average Bonchev–Trinajstić information content (AvgIpc) is 2.89. The third kappa shape index (κ3) is 4.48. The second-order valence-electron chi connectivity index (χ2n) is 7.88. The number of anilines is 2. The first kappa shape index (κ1) is 23.7. The van der Waals surface area contributed by atoms with E-state index in [1.54, 1.807) is 59.5 Å². The number of methoxy groups -OCH3 is 1. The Morgan fingerprint density at radius 1 is 1.00 bits per heavy atom. The zero-order valence-corrected chi connectivity index (χ0v) is 20.7. The van der Waals surface area contributed by atoms with Crippen molar-refractivity contribution < 1.29 is 23.1 Å². The molecule has 0 radical (unpaired) electrons. The first-order valence-corrected chi connectivity index (χ1v) is 13.2. The molecule has 1 amide bonds. The van der Waals surface area contributed by atoms with Gasteiger partial charge in [-0.2, -0.15) is 0 Å². The highest BCUT2D eigenvalue weighted by molar-refractivity contribution is 7.99. The smallest absolute Gasteiger partial charge is 0.263 e.